The van der Waals surface area contributed by atoms with E-state index in [9.17, 15) is 9.59 Å². The Morgan fingerprint density at radius 3 is 2.34 bits per heavy atom. The van der Waals surface area contributed by atoms with Crippen molar-refractivity contribution in [3.8, 4) is 0 Å². The van der Waals surface area contributed by atoms with Crippen LogP contribution >= 0.6 is 22.6 Å². The second kappa shape index (κ2) is 9.56. The molecule has 0 saturated carbocycles. The molecule has 148 valence electrons. The molecule has 1 aromatic heterocycles. The Morgan fingerprint density at radius 1 is 1.03 bits per heavy atom. The Hall–Kier alpha value is -2.87. The number of nitrogens with one attached hydrogen (secondary N) is 1. The van der Waals surface area contributed by atoms with E-state index < -0.39 is 18.0 Å². The van der Waals surface area contributed by atoms with Gasteiger partial charge in [-0.3, -0.25) is 4.79 Å². The lowest BCUT2D eigenvalue weighted by atomic mass is 10.1. The van der Waals surface area contributed by atoms with Crippen molar-refractivity contribution in [2.75, 3.05) is 5.32 Å². The summed E-state index contributed by atoms with van der Waals surface area (Å²) in [7, 11) is 0. The van der Waals surface area contributed by atoms with Gasteiger partial charge in [-0.05, 0) is 77.9 Å². The van der Waals surface area contributed by atoms with Gasteiger partial charge in [0.2, 0.25) is 6.10 Å². The molecule has 2 aromatic carbocycles. The number of benzene rings is 2. The predicted octanol–water partition coefficient (Wildman–Crippen LogP) is 5.44. The maximum Gasteiger partial charge on any atom is 0.332 e. The Morgan fingerprint density at radius 2 is 1.72 bits per heavy atom. The van der Waals surface area contributed by atoms with Crippen LogP contribution in [0.4, 0.5) is 5.69 Å². The lowest BCUT2D eigenvalue weighted by Gasteiger charge is -2.17. The van der Waals surface area contributed by atoms with E-state index in [0.29, 0.717) is 20.8 Å². The Bertz CT molecular complexity index is 1020. The summed E-state index contributed by atoms with van der Waals surface area (Å²) in [6.07, 6.45) is 1.68. The zero-order chi connectivity index (χ0) is 20.8. The summed E-state index contributed by atoms with van der Waals surface area (Å²) in [5, 5.41) is 2.84. The molecule has 1 atom stereocenters. The molecule has 0 fully saturated rings. The summed E-state index contributed by atoms with van der Waals surface area (Å²) in [4.78, 5) is 25.3. The lowest BCUT2D eigenvalue weighted by molar-refractivity contribution is -0.149. The topological polar surface area (TPSA) is 68.5 Å². The summed E-state index contributed by atoms with van der Waals surface area (Å²) in [5.41, 5.74) is 3.31. The van der Waals surface area contributed by atoms with E-state index in [2.05, 4.69) is 5.32 Å². The number of carbonyl (C=O) groups excluding carboxylic acids is 2. The second-order valence-electron chi connectivity index (χ2n) is 6.57. The monoisotopic (exact) mass is 501 g/mol. The van der Waals surface area contributed by atoms with Crippen LogP contribution in [0.1, 0.15) is 28.6 Å². The number of esters is 1. The van der Waals surface area contributed by atoms with Crippen molar-refractivity contribution in [2.24, 2.45) is 0 Å². The summed E-state index contributed by atoms with van der Waals surface area (Å²) in [5.74, 6) is -0.529. The number of aryl methyl sites for hydroxylation is 2. The molecule has 0 spiro atoms. The van der Waals surface area contributed by atoms with E-state index in [4.69, 9.17) is 9.15 Å². The highest BCUT2D eigenvalue weighted by molar-refractivity contribution is 14.1. The third-order valence-corrected chi connectivity index (χ3v) is 4.62. The number of halogens is 1. The summed E-state index contributed by atoms with van der Waals surface area (Å²) in [6.45, 7) is 3.91. The largest absolute Gasteiger partial charge is 0.451 e. The third kappa shape index (κ3) is 6.05. The van der Waals surface area contributed by atoms with Gasteiger partial charge in [-0.2, -0.15) is 0 Å². The minimum Gasteiger partial charge on any atom is -0.451 e. The van der Waals surface area contributed by atoms with Gasteiger partial charge in [0.05, 0.1) is 0 Å². The first-order valence-electron chi connectivity index (χ1n) is 8.99. The van der Waals surface area contributed by atoms with Crippen LogP contribution in [0.25, 0.3) is 6.08 Å². The van der Waals surface area contributed by atoms with Gasteiger partial charge in [0, 0.05) is 17.3 Å². The van der Waals surface area contributed by atoms with Gasteiger partial charge >= 0.3 is 5.97 Å². The van der Waals surface area contributed by atoms with Crippen LogP contribution in [0.15, 0.2) is 71.2 Å². The number of hydrogen-bond donors (Lipinski definition) is 1. The number of furan rings is 1. The summed E-state index contributed by atoms with van der Waals surface area (Å²) < 4.78 is 11.6. The van der Waals surface area contributed by atoms with E-state index in [1.807, 2.05) is 60.7 Å². The van der Waals surface area contributed by atoms with Gasteiger partial charge in [-0.1, -0.05) is 36.4 Å². The number of amides is 1. The van der Waals surface area contributed by atoms with Crippen molar-refractivity contribution < 1.29 is 18.7 Å². The number of carbonyl (C=O) groups is 2. The van der Waals surface area contributed by atoms with Gasteiger partial charge < -0.3 is 14.5 Å². The zero-order valence-electron chi connectivity index (χ0n) is 16.0. The molecule has 0 aliphatic rings. The fourth-order valence-corrected chi connectivity index (χ4v) is 3.31. The van der Waals surface area contributed by atoms with Gasteiger partial charge in [-0.25, -0.2) is 4.79 Å². The van der Waals surface area contributed by atoms with E-state index in [1.165, 1.54) is 12.2 Å². The van der Waals surface area contributed by atoms with Crippen LogP contribution in [0, 0.1) is 17.6 Å². The van der Waals surface area contributed by atoms with Crippen molar-refractivity contribution in [1.29, 1.82) is 0 Å². The Labute approximate surface area is 182 Å². The molecule has 0 aliphatic heterocycles. The molecule has 5 nitrogen and oxygen atoms in total. The molecule has 3 aromatic rings. The standard InChI is InChI=1S/C23H20INO4/c1-15-12-16(2)14-18(13-15)25-23(27)22(17-6-4-3-5-7-17)29-21(26)11-9-19-8-10-20(24)28-19/h3-14,22H,1-2H3,(H,25,27)/b11-9+. The van der Waals surface area contributed by atoms with Crippen molar-refractivity contribution in [3.63, 3.8) is 0 Å². The lowest BCUT2D eigenvalue weighted by Crippen LogP contribution is -2.25. The Balaban J connectivity index is 1.78. The number of rotatable bonds is 6. The smallest absolute Gasteiger partial charge is 0.332 e. The molecular weight excluding hydrogens is 481 g/mol. The molecule has 6 heteroatoms. The van der Waals surface area contributed by atoms with Crippen molar-refractivity contribution >= 4 is 46.2 Å². The van der Waals surface area contributed by atoms with Gasteiger partial charge in [0.1, 0.15) is 5.76 Å². The van der Waals surface area contributed by atoms with Crippen LogP contribution < -0.4 is 5.32 Å². The van der Waals surface area contributed by atoms with Gasteiger partial charge in [-0.15, -0.1) is 0 Å². The van der Waals surface area contributed by atoms with Crippen molar-refractivity contribution in [2.45, 2.75) is 20.0 Å². The highest BCUT2D eigenvalue weighted by atomic mass is 127. The third-order valence-electron chi connectivity index (χ3n) is 4.04. The molecule has 0 bridgehead atoms. The molecule has 0 radical (unpaired) electrons. The highest BCUT2D eigenvalue weighted by Crippen LogP contribution is 2.22. The van der Waals surface area contributed by atoms with Crippen LogP contribution in [0.2, 0.25) is 0 Å². The van der Waals surface area contributed by atoms with Crippen LogP contribution in [-0.2, 0) is 14.3 Å². The maximum atomic E-state index is 12.9. The molecule has 1 N–H and O–H groups in total. The molecule has 0 saturated heterocycles. The molecule has 1 heterocycles. The molecule has 0 aliphatic carbocycles. The molecule has 1 unspecified atom stereocenters. The summed E-state index contributed by atoms with van der Waals surface area (Å²) in [6, 6.07) is 18.2. The second-order valence-corrected chi connectivity index (χ2v) is 7.63. The van der Waals surface area contributed by atoms with Gasteiger partial charge in [0.25, 0.3) is 5.91 Å². The first-order valence-corrected chi connectivity index (χ1v) is 10.1. The van der Waals surface area contributed by atoms with E-state index in [-0.39, 0.29) is 0 Å². The number of anilines is 1. The van der Waals surface area contributed by atoms with Crippen LogP contribution in [-0.4, -0.2) is 11.9 Å². The maximum absolute atomic E-state index is 12.9. The van der Waals surface area contributed by atoms with Crippen LogP contribution in [0.5, 0.6) is 0 Å². The van der Waals surface area contributed by atoms with Crippen LogP contribution in [0.3, 0.4) is 0 Å². The molecule has 3 rings (SSSR count). The van der Waals surface area contributed by atoms with Gasteiger partial charge in [0.15, 0.2) is 3.77 Å². The fourth-order valence-electron chi connectivity index (χ4n) is 2.88. The molecule has 29 heavy (non-hydrogen) atoms. The quantitative estimate of drug-likeness (QED) is 0.278. The first kappa shape index (κ1) is 20.9. The highest BCUT2D eigenvalue weighted by Gasteiger charge is 2.24. The zero-order valence-corrected chi connectivity index (χ0v) is 18.2. The average Bonchev–Trinajstić information content (AvgIpc) is 3.09. The predicted molar refractivity (Wildman–Crippen MR) is 120 cm³/mol. The minimum atomic E-state index is -1.08. The first-order chi connectivity index (χ1) is 13.9. The normalized spacial score (nSPS) is 12.0. The number of ether oxygens (including phenoxy) is 1. The molecule has 1 amide bonds. The van der Waals surface area contributed by atoms with E-state index in [1.54, 1.807) is 36.4 Å². The fraction of sp³-hybridized carbons (Fsp3) is 0.130. The van der Waals surface area contributed by atoms with E-state index >= 15 is 0 Å². The minimum absolute atomic E-state index is 0.421. The van der Waals surface area contributed by atoms with Crippen molar-refractivity contribution in [1.82, 2.24) is 0 Å². The Kier molecular flexibility index (Phi) is 6.87. The number of hydrogen-bond acceptors (Lipinski definition) is 4. The average molecular weight is 501 g/mol. The van der Waals surface area contributed by atoms with Crippen molar-refractivity contribution in [3.05, 3.63) is 93.0 Å². The van der Waals surface area contributed by atoms with E-state index in [0.717, 1.165) is 11.1 Å². The molecular formula is C23H20INO4. The summed E-state index contributed by atoms with van der Waals surface area (Å²) >= 11 is 2.04. The SMILES string of the molecule is Cc1cc(C)cc(NC(=O)C(OC(=O)/C=C/c2ccc(I)o2)c2ccccc2)c1.